The van der Waals surface area contributed by atoms with Crippen LogP contribution in [0.1, 0.15) is 23.7 Å². The van der Waals surface area contributed by atoms with Crippen molar-refractivity contribution in [3.63, 3.8) is 0 Å². The lowest BCUT2D eigenvalue weighted by atomic mass is 10.2. The molecule has 0 atom stereocenters. The van der Waals surface area contributed by atoms with Gasteiger partial charge in [0, 0.05) is 35.4 Å². The lowest BCUT2D eigenvalue weighted by Gasteiger charge is -2.32. The van der Waals surface area contributed by atoms with Crippen LogP contribution in [-0.4, -0.2) is 34.8 Å². The van der Waals surface area contributed by atoms with Crippen LogP contribution in [0.3, 0.4) is 0 Å². The van der Waals surface area contributed by atoms with Crippen molar-refractivity contribution in [1.29, 1.82) is 0 Å². The standard InChI is InChI=1S/C24H23F2N7OS/c1-14(27)12-19(28)30-20-13-21(33-10-3-11-33)32-24(31-20)35-16-8-6-15(7-9-16)29-23(34)22-17(25)4-2-5-18(22)26/h2,4-9,12-13H,3,10-11,27H2,1H3,(H,29,34)(H2,28,30,31,32). The third kappa shape index (κ3) is 6.12. The molecule has 1 fully saturated rings. The Balaban J connectivity index is 1.52. The number of nitrogens with zero attached hydrogens (tertiary/aromatic N) is 4. The Bertz CT molecular complexity index is 1280. The molecular weight excluding hydrogens is 472 g/mol. The number of carbonyl (C=O) groups is 1. The minimum atomic E-state index is -0.926. The van der Waals surface area contributed by atoms with Crippen molar-refractivity contribution in [1.82, 2.24) is 9.97 Å². The van der Waals surface area contributed by atoms with Crippen molar-refractivity contribution >= 4 is 40.8 Å². The van der Waals surface area contributed by atoms with Gasteiger partial charge in [0.1, 0.15) is 28.9 Å². The number of amidine groups is 1. The van der Waals surface area contributed by atoms with Crippen LogP contribution in [0.4, 0.5) is 26.1 Å². The average Bonchev–Trinajstić information content (AvgIpc) is 2.73. The van der Waals surface area contributed by atoms with E-state index in [9.17, 15) is 13.6 Å². The van der Waals surface area contributed by atoms with Crippen LogP contribution in [0.25, 0.3) is 0 Å². The van der Waals surface area contributed by atoms with E-state index in [0.717, 1.165) is 42.4 Å². The molecule has 1 aliphatic heterocycles. The first-order valence-electron chi connectivity index (χ1n) is 10.7. The molecule has 0 aliphatic carbocycles. The van der Waals surface area contributed by atoms with E-state index in [4.69, 9.17) is 11.5 Å². The summed E-state index contributed by atoms with van der Waals surface area (Å²) in [6.07, 6.45) is 2.64. The number of anilines is 2. The number of halogens is 2. The summed E-state index contributed by atoms with van der Waals surface area (Å²) in [6.45, 7) is 3.52. The number of amides is 1. The number of allylic oxidation sites excluding steroid dienone is 1. The Kier molecular flexibility index (Phi) is 7.25. The fourth-order valence-electron chi connectivity index (χ4n) is 3.23. The number of aliphatic imine (C=N–C) groups is 1. The van der Waals surface area contributed by atoms with Crippen molar-refractivity contribution in [3.05, 3.63) is 77.5 Å². The highest BCUT2D eigenvalue weighted by atomic mass is 32.2. The Morgan fingerprint density at radius 1 is 1.11 bits per heavy atom. The van der Waals surface area contributed by atoms with E-state index in [1.807, 2.05) is 0 Å². The average molecular weight is 496 g/mol. The lowest BCUT2D eigenvalue weighted by molar-refractivity contribution is 0.101. The zero-order valence-electron chi connectivity index (χ0n) is 18.8. The van der Waals surface area contributed by atoms with Crippen LogP contribution < -0.4 is 21.7 Å². The van der Waals surface area contributed by atoms with E-state index in [2.05, 4.69) is 25.2 Å². The van der Waals surface area contributed by atoms with Gasteiger partial charge in [-0.3, -0.25) is 4.79 Å². The molecule has 1 aromatic heterocycles. The van der Waals surface area contributed by atoms with Gasteiger partial charge in [0.05, 0.1) is 0 Å². The first kappa shape index (κ1) is 24.1. The summed E-state index contributed by atoms with van der Waals surface area (Å²) in [4.78, 5) is 28.6. The van der Waals surface area contributed by atoms with Gasteiger partial charge in [-0.2, -0.15) is 0 Å². The molecule has 180 valence electrons. The van der Waals surface area contributed by atoms with Gasteiger partial charge >= 0.3 is 0 Å². The predicted molar refractivity (Wildman–Crippen MR) is 133 cm³/mol. The summed E-state index contributed by atoms with van der Waals surface area (Å²) in [5, 5.41) is 2.97. The Morgan fingerprint density at radius 2 is 1.80 bits per heavy atom. The minimum absolute atomic E-state index is 0.237. The molecule has 11 heteroatoms. The summed E-state index contributed by atoms with van der Waals surface area (Å²) < 4.78 is 27.7. The Hall–Kier alpha value is -3.99. The van der Waals surface area contributed by atoms with Gasteiger partial charge < -0.3 is 21.7 Å². The Morgan fingerprint density at radius 3 is 2.40 bits per heavy atom. The molecule has 1 amide bonds. The fraction of sp³-hybridized carbons (Fsp3) is 0.167. The van der Waals surface area contributed by atoms with Gasteiger partial charge in [-0.25, -0.2) is 23.7 Å². The Labute approximate surface area is 205 Å². The van der Waals surface area contributed by atoms with Gasteiger partial charge in [0.15, 0.2) is 11.0 Å². The number of benzene rings is 2. The summed E-state index contributed by atoms with van der Waals surface area (Å²) in [5.41, 5.74) is 11.9. The van der Waals surface area contributed by atoms with Crippen LogP contribution in [0.15, 0.2) is 75.3 Å². The highest BCUT2D eigenvalue weighted by molar-refractivity contribution is 7.99. The summed E-state index contributed by atoms with van der Waals surface area (Å²) in [7, 11) is 0. The SMILES string of the molecule is CC(N)=CC(N)=Nc1cc(N2CCC2)nc(Sc2ccc(NC(=O)c3c(F)cccc3F)cc2)n1. The molecule has 0 bridgehead atoms. The van der Waals surface area contributed by atoms with Gasteiger partial charge in [-0.1, -0.05) is 6.07 Å². The monoisotopic (exact) mass is 495 g/mol. The number of nitrogens with two attached hydrogens (primary N) is 2. The molecule has 35 heavy (non-hydrogen) atoms. The molecular formula is C24H23F2N7OS. The van der Waals surface area contributed by atoms with Crippen molar-refractivity contribution in [2.75, 3.05) is 23.3 Å². The number of aromatic nitrogens is 2. The van der Waals surface area contributed by atoms with Crippen LogP contribution >= 0.6 is 11.8 Å². The summed E-state index contributed by atoms with van der Waals surface area (Å²) >= 11 is 1.31. The second kappa shape index (κ2) is 10.5. The van der Waals surface area contributed by atoms with Crippen LogP contribution in [0.2, 0.25) is 0 Å². The fourth-order valence-corrected chi connectivity index (χ4v) is 3.99. The van der Waals surface area contributed by atoms with Gasteiger partial charge in [0.2, 0.25) is 0 Å². The molecule has 2 aromatic carbocycles. The van der Waals surface area contributed by atoms with Crippen molar-refractivity contribution in [2.45, 2.75) is 23.4 Å². The first-order valence-corrected chi connectivity index (χ1v) is 11.6. The molecule has 2 heterocycles. The van der Waals surface area contributed by atoms with E-state index in [-0.39, 0.29) is 5.84 Å². The van der Waals surface area contributed by atoms with Crippen LogP contribution in [0, 0.1) is 11.6 Å². The molecule has 1 saturated heterocycles. The van der Waals surface area contributed by atoms with Gasteiger partial charge in [-0.15, -0.1) is 0 Å². The topological polar surface area (TPSA) is 123 Å². The van der Waals surface area contributed by atoms with E-state index in [1.165, 1.54) is 17.8 Å². The van der Waals surface area contributed by atoms with Gasteiger partial charge in [-0.05, 0) is 67.6 Å². The largest absolute Gasteiger partial charge is 0.402 e. The molecule has 0 radical (unpaired) electrons. The molecule has 5 N–H and O–H groups in total. The first-order chi connectivity index (χ1) is 16.8. The van der Waals surface area contributed by atoms with Crippen molar-refractivity contribution in [3.8, 4) is 0 Å². The quantitative estimate of drug-likeness (QED) is 0.255. The molecule has 0 spiro atoms. The molecule has 1 aliphatic rings. The molecule has 3 aromatic rings. The number of carbonyl (C=O) groups excluding carboxylic acids is 1. The number of rotatable bonds is 7. The smallest absolute Gasteiger partial charge is 0.261 e. The summed E-state index contributed by atoms with van der Waals surface area (Å²) in [5.74, 6) is -1.32. The third-order valence-corrected chi connectivity index (χ3v) is 5.86. The molecule has 8 nitrogen and oxygen atoms in total. The maximum atomic E-state index is 13.9. The van der Waals surface area contributed by atoms with Gasteiger partial charge in [0.25, 0.3) is 5.91 Å². The van der Waals surface area contributed by atoms with Crippen LogP contribution in [-0.2, 0) is 0 Å². The van der Waals surface area contributed by atoms with E-state index in [0.29, 0.717) is 22.4 Å². The second-order valence-electron chi connectivity index (χ2n) is 7.81. The van der Waals surface area contributed by atoms with E-state index < -0.39 is 23.1 Å². The number of hydrogen-bond donors (Lipinski definition) is 3. The maximum absolute atomic E-state index is 13.9. The normalized spacial score (nSPS) is 14.0. The highest BCUT2D eigenvalue weighted by Gasteiger charge is 2.19. The second-order valence-corrected chi connectivity index (χ2v) is 8.85. The summed E-state index contributed by atoms with van der Waals surface area (Å²) in [6, 6.07) is 11.8. The lowest BCUT2D eigenvalue weighted by Crippen LogP contribution is -2.37. The molecule has 4 rings (SSSR count). The molecule has 0 saturated carbocycles. The maximum Gasteiger partial charge on any atom is 0.261 e. The minimum Gasteiger partial charge on any atom is -0.402 e. The number of hydrogen-bond acceptors (Lipinski definition) is 7. The van der Waals surface area contributed by atoms with E-state index in [1.54, 1.807) is 43.3 Å². The zero-order valence-corrected chi connectivity index (χ0v) is 19.6. The zero-order chi connectivity index (χ0) is 24.9. The molecule has 0 unspecified atom stereocenters. The number of nitrogens with one attached hydrogen (secondary N) is 1. The highest BCUT2D eigenvalue weighted by Crippen LogP contribution is 2.31. The third-order valence-electron chi connectivity index (χ3n) is 4.99. The predicted octanol–water partition coefficient (Wildman–Crippen LogP) is 4.22. The van der Waals surface area contributed by atoms with Crippen molar-refractivity contribution < 1.29 is 13.6 Å². The van der Waals surface area contributed by atoms with Crippen molar-refractivity contribution in [2.24, 2.45) is 16.5 Å². The van der Waals surface area contributed by atoms with E-state index >= 15 is 0 Å². The van der Waals surface area contributed by atoms with Crippen LogP contribution in [0.5, 0.6) is 0 Å².